The SMILES string of the molecule is Cc1cc(C)c(NC(=O)CSc2cc(C)c3cc(S(=O)(=O)N(C)C)ccc3n2)c(C)c1. The third-order valence-corrected chi connectivity index (χ3v) is 7.76. The second kappa shape index (κ2) is 8.98. The minimum atomic E-state index is -3.51. The van der Waals surface area contributed by atoms with Crippen LogP contribution in [0.1, 0.15) is 22.3 Å². The van der Waals surface area contributed by atoms with Crippen LogP contribution in [0.2, 0.25) is 0 Å². The number of pyridine rings is 1. The summed E-state index contributed by atoms with van der Waals surface area (Å²) in [5.41, 5.74) is 5.71. The molecule has 1 N–H and O–H groups in total. The number of nitrogens with zero attached hydrogens (tertiary/aromatic N) is 2. The first kappa shape index (κ1) is 23.2. The summed E-state index contributed by atoms with van der Waals surface area (Å²) in [7, 11) is -0.491. The molecule has 8 heteroatoms. The van der Waals surface area contributed by atoms with Crippen molar-refractivity contribution in [2.75, 3.05) is 25.2 Å². The third-order valence-electron chi connectivity index (χ3n) is 5.03. The van der Waals surface area contributed by atoms with Gasteiger partial charge in [0.15, 0.2) is 0 Å². The van der Waals surface area contributed by atoms with Crippen LogP contribution in [0.4, 0.5) is 5.69 Å². The number of hydrogen-bond donors (Lipinski definition) is 1. The lowest BCUT2D eigenvalue weighted by atomic mass is 10.1. The van der Waals surface area contributed by atoms with Gasteiger partial charge >= 0.3 is 0 Å². The number of carbonyl (C=O) groups excluding carboxylic acids is 1. The van der Waals surface area contributed by atoms with Gasteiger partial charge in [-0.2, -0.15) is 0 Å². The number of sulfonamides is 1. The number of benzene rings is 2. The molecular formula is C23H27N3O3S2. The molecule has 0 aliphatic rings. The Labute approximate surface area is 188 Å². The van der Waals surface area contributed by atoms with Crippen LogP contribution < -0.4 is 5.32 Å². The first-order chi connectivity index (χ1) is 14.5. The van der Waals surface area contributed by atoms with Gasteiger partial charge in [-0.1, -0.05) is 29.5 Å². The van der Waals surface area contributed by atoms with Crippen molar-refractivity contribution in [3.63, 3.8) is 0 Å². The van der Waals surface area contributed by atoms with Crippen LogP contribution in [-0.4, -0.2) is 43.5 Å². The molecule has 0 unspecified atom stereocenters. The number of thioether (sulfide) groups is 1. The normalized spacial score (nSPS) is 11.8. The highest BCUT2D eigenvalue weighted by molar-refractivity contribution is 7.99. The first-order valence-electron chi connectivity index (χ1n) is 9.83. The fourth-order valence-corrected chi connectivity index (χ4v) is 5.18. The predicted octanol–water partition coefficient (Wildman–Crippen LogP) is 4.45. The predicted molar refractivity (Wildman–Crippen MR) is 127 cm³/mol. The Morgan fingerprint density at radius 1 is 1.00 bits per heavy atom. The molecule has 0 spiro atoms. The molecule has 3 rings (SSSR count). The van der Waals surface area contributed by atoms with Crippen LogP contribution >= 0.6 is 11.8 Å². The summed E-state index contributed by atoms with van der Waals surface area (Å²) < 4.78 is 26.0. The summed E-state index contributed by atoms with van der Waals surface area (Å²) >= 11 is 1.36. The largest absolute Gasteiger partial charge is 0.325 e. The standard InChI is InChI=1S/C23H27N3O3S2/c1-14-9-16(3)23(17(4)10-14)25-21(27)13-30-22-11-15(2)19-12-18(7-8-20(19)24-22)31(28,29)26(5)6/h7-12H,13H2,1-6H3,(H,25,27). The maximum absolute atomic E-state index is 12.5. The maximum atomic E-state index is 12.5. The number of anilines is 1. The summed E-state index contributed by atoms with van der Waals surface area (Å²) in [5.74, 6) is 0.143. The number of fused-ring (bicyclic) bond motifs is 1. The van der Waals surface area contributed by atoms with Crippen molar-refractivity contribution >= 4 is 44.3 Å². The average molecular weight is 458 g/mol. The van der Waals surface area contributed by atoms with Crippen LogP contribution in [0.5, 0.6) is 0 Å². The van der Waals surface area contributed by atoms with Gasteiger partial charge in [-0.25, -0.2) is 17.7 Å². The van der Waals surface area contributed by atoms with E-state index in [4.69, 9.17) is 0 Å². The fourth-order valence-electron chi connectivity index (χ4n) is 3.48. The van der Waals surface area contributed by atoms with Crippen molar-refractivity contribution in [1.82, 2.24) is 9.29 Å². The van der Waals surface area contributed by atoms with Crippen molar-refractivity contribution in [2.45, 2.75) is 37.6 Å². The van der Waals surface area contributed by atoms with E-state index in [2.05, 4.69) is 22.4 Å². The van der Waals surface area contributed by atoms with Gasteiger partial charge in [0.1, 0.15) is 0 Å². The minimum Gasteiger partial charge on any atom is -0.325 e. The molecule has 3 aromatic rings. The molecular weight excluding hydrogens is 430 g/mol. The van der Waals surface area contributed by atoms with E-state index < -0.39 is 10.0 Å². The Kier molecular flexibility index (Phi) is 6.73. The molecule has 0 fully saturated rings. The second-order valence-electron chi connectivity index (χ2n) is 7.85. The molecule has 164 valence electrons. The quantitative estimate of drug-likeness (QED) is 0.553. The smallest absolute Gasteiger partial charge is 0.242 e. The highest BCUT2D eigenvalue weighted by atomic mass is 32.2. The summed E-state index contributed by atoms with van der Waals surface area (Å²) in [4.78, 5) is 17.4. The van der Waals surface area contributed by atoms with Crippen LogP contribution in [-0.2, 0) is 14.8 Å². The van der Waals surface area contributed by atoms with Crippen LogP contribution in [0.15, 0.2) is 46.3 Å². The van der Waals surface area contributed by atoms with Crippen LogP contribution in [0, 0.1) is 27.7 Å². The number of hydrogen-bond acceptors (Lipinski definition) is 5. The van der Waals surface area contributed by atoms with Gasteiger partial charge in [0, 0.05) is 25.2 Å². The van der Waals surface area contributed by atoms with Crippen LogP contribution in [0.25, 0.3) is 10.9 Å². The van der Waals surface area contributed by atoms with Gasteiger partial charge in [0.05, 0.1) is 21.2 Å². The number of amides is 1. The van der Waals surface area contributed by atoms with E-state index in [1.54, 1.807) is 18.2 Å². The molecule has 0 bridgehead atoms. The zero-order valence-electron chi connectivity index (χ0n) is 18.6. The Morgan fingerprint density at radius 2 is 1.65 bits per heavy atom. The fraction of sp³-hybridized carbons (Fsp3) is 0.304. The molecule has 0 saturated carbocycles. The summed E-state index contributed by atoms with van der Waals surface area (Å²) in [5, 5.41) is 4.51. The van der Waals surface area contributed by atoms with E-state index in [9.17, 15) is 13.2 Å². The lowest BCUT2D eigenvalue weighted by molar-refractivity contribution is -0.113. The Balaban J connectivity index is 1.78. The molecule has 0 aliphatic carbocycles. The van der Waals surface area contributed by atoms with E-state index >= 15 is 0 Å². The van der Waals surface area contributed by atoms with E-state index in [0.29, 0.717) is 5.52 Å². The molecule has 1 aromatic heterocycles. The minimum absolute atomic E-state index is 0.0907. The number of aryl methyl sites for hydroxylation is 4. The lowest BCUT2D eigenvalue weighted by Gasteiger charge is -2.14. The zero-order chi connectivity index (χ0) is 22.9. The first-order valence-corrected chi connectivity index (χ1v) is 12.3. The Hall–Kier alpha value is -2.42. The topological polar surface area (TPSA) is 79.4 Å². The van der Waals surface area contributed by atoms with Gasteiger partial charge < -0.3 is 5.32 Å². The number of nitrogens with one attached hydrogen (secondary N) is 1. The monoisotopic (exact) mass is 457 g/mol. The highest BCUT2D eigenvalue weighted by Crippen LogP contribution is 2.27. The van der Waals surface area contributed by atoms with Gasteiger partial charge in [0.2, 0.25) is 15.9 Å². The maximum Gasteiger partial charge on any atom is 0.242 e. The molecule has 1 heterocycles. The summed E-state index contributed by atoms with van der Waals surface area (Å²) in [6.45, 7) is 7.93. The van der Waals surface area contributed by atoms with Gasteiger partial charge in [-0.3, -0.25) is 4.79 Å². The van der Waals surface area contributed by atoms with Gasteiger partial charge in [-0.05, 0) is 68.7 Å². The second-order valence-corrected chi connectivity index (χ2v) is 11.0. The summed E-state index contributed by atoms with van der Waals surface area (Å²) in [6.07, 6.45) is 0. The number of carbonyl (C=O) groups is 1. The van der Waals surface area contributed by atoms with E-state index in [1.165, 1.54) is 35.7 Å². The van der Waals surface area contributed by atoms with Crippen molar-refractivity contribution in [1.29, 1.82) is 0 Å². The van der Waals surface area contributed by atoms with Crippen molar-refractivity contribution in [3.05, 3.63) is 58.7 Å². The third kappa shape index (κ3) is 5.08. The zero-order valence-corrected chi connectivity index (χ0v) is 20.2. The molecule has 0 atom stereocenters. The molecule has 0 radical (unpaired) electrons. The van der Waals surface area contributed by atoms with E-state index in [1.807, 2.05) is 33.8 Å². The van der Waals surface area contributed by atoms with Crippen LogP contribution in [0.3, 0.4) is 0 Å². The Bertz CT molecular complexity index is 1250. The van der Waals surface area contributed by atoms with Crippen molar-refractivity contribution in [3.8, 4) is 0 Å². The highest BCUT2D eigenvalue weighted by Gasteiger charge is 2.18. The average Bonchev–Trinajstić information content (AvgIpc) is 2.68. The van der Waals surface area contributed by atoms with E-state index in [0.717, 1.165) is 32.8 Å². The number of aromatic nitrogens is 1. The van der Waals surface area contributed by atoms with Crippen molar-refractivity contribution in [2.24, 2.45) is 0 Å². The Morgan fingerprint density at radius 3 is 2.26 bits per heavy atom. The molecule has 2 aromatic carbocycles. The molecule has 31 heavy (non-hydrogen) atoms. The summed E-state index contributed by atoms with van der Waals surface area (Å²) in [6, 6.07) is 10.9. The van der Waals surface area contributed by atoms with Gasteiger partial charge in [0.25, 0.3) is 0 Å². The van der Waals surface area contributed by atoms with Gasteiger partial charge in [-0.15, -0.1) is 0 Å². The van der Waals surface area contributed by atoms with Crippen molar-refractivity contribution < 1.29 is 13.2 Å². The molecule has 0 aliphatic heterocycles. The number of rotatable bonds is 6. The molecule has 0 saturated heterocycles. The van der Waals surface area contributed by atoms with E-state index in [-0.39, 0.29) is 16.6 Å². The molecule has 1 amide bonds. The molecule has 6 nitrogen and oxygen atoms in total. The lowest BCUT2D eigenvalue weighted by Crippen LogP contribution is -2.22.